The van der Waals surface area contributed by atoms with Crippen LogP contribution in [0.2, 0.25) is 0 Å². The Morgan fingerprint density at radius 3 is 3.05 bits per heavy atom. The summed E-state index contributed by atoms with van der Waals surface area (Å²) >= 11 is 0. The van der Waals surface area contributed by atoms with Gasteiger partial charge in [0.2, 0.25) is 0 Å². The van der Waals surface area contributed by atoms with E-state index in [-0.39, 0.29) is 17.9 Å². The predicted octanol–water partition coefficient (Wildman–Crippen LogP) is 1.64. The molecule has 0 saturated heterocycles. The van der Waals surface area contributed by atoms with Gasteiger partial charge in [-0.25, -0.2) is 0 Å². The van der Waals surface area contributed by atoms with Crippen LogP contribution in [-0.2, 0) is 6.42 Å². The first kappa shape index (κ1) is 14.1. The minimum atomic E-state index is -0.274. The summed E-state index contributed by atoms with van der Waals surface area (Å²) in [6.45, 7) is 2.63. The Morgan fingerprint density at radius 2 is 2.32 bits per heavy atom. The van der Waals surface area contributed by atoms with Crippen molar-refractivity contribution < 1.29 is 9.90 Å². The van der Waals surface area contributed by atoms with Crippen molar-refractivity contribution in [3.8, 4) is 0 Å². The number of hydrogen-bond acceptors (Lipinski definition) is 3. The van der Waals surface area contributed by atoms with E-state index in [0.29, 0.717) is 12.2 Å². The highest BCUT2D eigenvalue weighted by molar-refractivity contribution is 5.92. The number of carbonyl (C=O) groups is 1. The highest BCUT2D eigenvalue weighted by Crippen LogP contribution is 2.23. The molecule has 0 spiro atoms. The van der Waals surface area contributed by atoms with E-state index in [1.165, 1.54) is 0 Å². The molecule has 1 aliphatic carbocycles. The van der Waals surface area contributed by atoms with E-state index in [1.54, 1.807) is 6.07 Å². The van der Waals surface area contributed by atoms with Crippen molar-refractivity contribution >= 4 is 5.91 Å². The molecule has 2 atom stereocenters. The van der Waals surface area contributed by atoms with E-state index < -0.39 is 0 Å². The van der Waals surface area contributed by atoms with Crippen molar-refractivity contribution in [2.45, 2.75) is 51.6 Å². The number of H-pyrrole nitrogens is 1. The molecule has 2 rings (SSSR count). The summed E-state index contributed by atoms with van der Waals surface area (Å²) in [7, 11) is 0. The maximum Gasteiger partial charge on any atom is 0.271 e. The molecule has 0 bridgehead atoms. The maximum atomic E-state index is 11.9. The van der Waals surface area contributed by atoms with Crippen molar-refractivity contribution in [2.75, 3.05) is 6.54 Å². The first-order valence-corrected chi connectivity index (χ1v) is 7.21. The van der Waals surface area contributed by atoms with Gasteiger partial charge in [0, 0.05) is 18.2 Å². The van der Waals surface area contributed by atoms with Gasteiger partial charge in [-0.3, -0.25) is 9.89 Å². The topological polar surface area (TPSA) is 78.0 Å². The van der Waals surface area contributed by atoms with Crippen molar-refractivity contribution in [1.82, 2.24) is 15.5 Å². The number of rotatable bonds is 5. The molecule has 0 radical (unpaired) electrons. The number of hydrogen-bond donors (Lipinski definition) is 3. The molecule has 1 amide bonds. The van der Waals surface area contributed by atoms with Gasteiger partial charge in [0.05, 0.1) is 6.10 Å². The average molecular weight is 265 g/mol. The van der Waals surface area contributed by atoms with Crippen LogP contribution < -0.4 is 5.32 Å². The molecule has 5 nitrogen and oxygen atoms in total. The Bertz CT molecular complexity index is 417. The highest BCUT2D eigenvalue weighted by atomic mass is 16.3. The number of aliphatic hydroxyl groups is 1. The van der Waals surface area contributed by atoms with Crippen molar-refractivity contribution in [3.05, 3.63) is 17.5 Å². The van der Waals surface area contributed by atoms with E-state index in [2.05, 4.69) is 22.4 Å². The van der Waals surface area contributed by atoms with Crippen LogP contribution in [0.3, 0.4) is 0 Å². The molecule has 0 aromatic carbocycles. The monoisotopic (exact) mass is 265 g/mol. The summed E-state index contributed by atoms with van der Waals surface area (Å²) in [4.78, 5) is 11.9. The van der Waals surface area contributed by atoms with Gasteiger partial charge in [-0.2, -0.15) is 5.10 Å². The molecule has 5 heteroatoms. The zero-order chi connectivity index (χ0) is 13.7. The molecule has 106 valence electrons. The van der Waals surface area contributed by atoms with E-state index in [0.717, 1.165) is 44.2 Å². The number of amides is 1. The molecular weight excluding hydrogens is 242 g/mol. The summed E-state index contributed by atoms with van der Waals surface area (Å²) in [5, 5.41) is 19.6. The van der Waals surface area contributed by atoms with E-state index in [1.807, 2.05) is 0 Å². The fraction of sp³-hybridized carbons (Fsp3) is 0.714. The lowest BCUT2D eigenvalue weighted by molar-refractivity contribution is 0.0661. The Hall–Kier alpha value is -1.36. The van der Waals surface area contributed by atoms with Crippen LogP contribution in [0.25, 0.3) is 0 Å². The molecule has 0 aliphatic heterocycles. The average Bonchev–Trinajstić information content (AvgIpc) is 2.87. The van der Waals surface area contributed by atoms with E-state index >= 15 is 0 Å². The summed E-state index contributed by atoms with van der Waals surface area (Å²) < 4.78 is 0. The fourth-order valence-corrected chi connectivity index (χ4v) is 2.62. The number of aromatic amines is 1. The molecule has 0 unspecified atom stereocenters. The fourth-order valence-electron chi connectivity index (χ4n) is 2.62. The van der Waals surface area contributed by atoms with E-state index in [4.69, 9.17) is 0 Å². The second kappa shape index (κ2) is 6.70. The molecule has 1 aromatic heterocycles. The van der Waals surface area contributed by atoms with Crippen LogP contribution in [0.1, 0.15) is 55.2 Å². The minimum Gasteiger partial charge on any atom is -0.393 e. The number of carbonyl (C=O) groups excluding carboxylic acids is 1. The second-order valence-electron chi connectivity index (χ2n) is 5.35. The normalized spacial score (nSPS) is 23.3. The van der Waals surface area contributed by atoms with Crippen LogP contribution in [0.4, 0.5) is 0 Å². The maximum absolute atomic E-state index is 11.9. The number of nitrogens with one attached hydrogen (secondary N) is 2. The Labute approximate surface area is 113 Å². The van der Waals surface area contributed by atoms with Crippen LogP contribution in [-0.4, -0.2) is 33.9 Å². The first-order valence-electron chi connectivity index (χ1n) is 7.21. The Balaban J connectivity index is 1.82. The molecular formula is C14H23N3O2. The van der Waals surface area contributed by atoms with Gasteiger partial charge in [0.15, 0.2) is 0 Å². The van der Waals surface area contributed by atoms with Gasteiger partial charge in [0.25, 0.3) is 5.91 Å². The van der Waals surface area contributed by atoms with Crippen molar-refractivity contribution in [2.24, 2.45) is 5.92 Å². The van der Waals surface area contributed by atoms with Crippen LogP contribution in [0, 0.1) is 5.92 Å². The molecule has 1 heterocycles. The van der Waals surface area contributed by atoms with Gasteiger partial charge >= 0.3 is 0 Å². The number of aromatic nitrogens is 2. The largest absolute Gasteiger partial charge is 0.393 e. The second-order valence-corrected chi connectivity index (χ2v) is 5.35. The quantitative estimate of drug-likeness (QED) is 0.757. The predicted molar refractivity (Wildman–Crippen MR) is 72.9 cm³/mol. The molecule has 1 aromatic rings. The van der Waals surface area contributed by atoms with Gasteiger partial charge in [0.1, 0.15) is 5.69 Å². The third-order valence-electron chi connectivity index (χ3n) is 3.78. The molecule has 1 aliphatic rings. The molecule has 19 heavy (non-hydrogen) atoms. The van der Waals surface area contributed by atoms with Crippen LogP contribution >= 0.6 is 0 Å². The van der Waals surface area contributed by atoms with Crippen LogP contribution in [0.15, 0.2) is 6.07 Å². The summed E-state index contributed by atoms with van der Waals surface area (Å²) in [5.41, 5.74) is 1.43. The van der Waals surface area contributed by atoms with Gasteiger partial charge in [-0.05, 0) is 25.3 Å². The smallest absolute Gasteiger partial charge is 0.271 e. The standard InChI is InChI=1S/C14H23N3O2/c1-2-5-11-8-12(17-16-11)14(19)15-9-10-6-3-4-7-13(10)18/h8,10,13,18H,2-7,9H2,1H3,(H,15,19)(H,16,17)/t10-,13-/m1/s1. The summed E-state index contributed by atoms with van der Waals surface area (Å²) in [6.07, 6.45) is 5.72. The lowest BCUT2D eigenvalue weighted by Gasteiger charge is -2.27. The Morgan fingerprint density at radius 1 is 1.53 bits per heavy atom. The first-order chi connectivity index (χ1) is 9.20. The third-order valence-corrected chi connectivity index (χ3v) is 3.78. The Kier molecular flexibility index (Phi) is 4.96. The van der Waals surface area contributed by atoms with Gasteiger partial charge in [-0.1, -0.05) is 26.2 Å². The number of aryl methyl sites for hydroxylation is 1. The van der Waals surface area contributed by atoms with Crippen LogP contribution in [0.5, 0.6) is 0 Å². The minimum absolute atomic E-state index is 0.156. The van der Waals surface area contributed by atoms with Crippen molar-refractivity contribution in [3.63, 3.8) is 0 Å². The number of nitrogens with zero attached hydrogens (tertiary/aromatic N) is 1. The van der Waals surface area contributed by atoms with Crippen molar-refractivity contribution in [1.29, 1.82) is 0 Å². The lowest BCUT2D eigenvalue weighted by Crippen LogP contribution is -2.36. The third kappa shape index (κ3) is 3.80. The highest BCUT2D eigenvalue weighted by Gasteiger charge is 2.23. The van der Waals surface area contributed by atoms with E-state index in [9.17, 15) is 9.90 Å². The summed E-state index contributed by atoms with van der Waals surface area (Å²) in [6, 6.07) is 1.80. The lowest BCUT2D eigenvalue weighted by atomic mass is 9.86. The summed E-state index contributed by atoms with van der Waals surface area (Å²) in [5.74, 6) is 0.0307. The number of aliphatic hydroxyl groups excluding tert-OH is 1. The SMILES string of the molecule is CCCc1cc(C(=O)NC[C@H]2CCCC[C@H]2O)n[nH]1. The van der Waals surface area contributed by atoms with Gasteiger partial charge < -0.3 is 10.4 Å². The molecule has 1 saturated carbocycles. The molecule has 1 fully saturated rings. The zero-order valence-electron chi connectivity index (χ0n) is 11.5. The van der Waals surface area contributed by atoms with Gasteiger partial charge in [-0.15, -0.1) is 0 Å². The molecule has 3 N–H and O–H groups in total. The zero-order valence-corrected chi connectivity index (χ0v) is 11.5.